The van der Waals surface area contributed by atoms with Gasteiger partial charge in [-0.15, -0.1) is 0 Å². The largest absolute Gasteiger partial charge is 0.366 e. The Morgan fingerprint density at radius 2 is 2.00 bits per heavy atom. The smallest absolute Gasteiger partial charge is 0.248 e. The zero-order chi connectivity index (χ0) is 12.0. The second-order valence-electron chi connectivity index (χ2n) is 3.74. The SMILES string of the molecule is CCC(N)CSCc1ccc(C(N)=O)cc1. The van der Waals surface area contributed by atoms with Gasteiger partial charge in [0.15, 0.2) is 0 Å². The zero-order valence-corrected chi connectivity index (χ0v) is 10.3. The molecule has 0 spiro atoms. The monoisotopic (exact) mass is 238 g/mol. The predicted molar refractivity (Wildman–Crippen MR) is 69.4 cm³/mol. The van der Waals surface area contributed by atoms with Gasteiger partial charge in [0, 0.05) is 23.1 Å². The molecule has 0 aliphatic carbocycles. The first kappa shape index (κ1) is 13.1. The van der Waals surface area contributed by atoms with E-state index in [0.717, 1.165) is 17.9 Å². The molecule has 1 aromatic rings. The number of nitrogens with two attached hydrogens (primary N) is 2. The van der Waals surface area contributed by atoms with Crippen LogP contribution in [0.1, 0.15) is 29.3 Å². The lowest BCUT2D eigenvalue weighted by atomic mass is 10.1. The van der Waals surface area contributed by atoms with Crippen molar-refractivity contribution in [2.75, 3.05) is 5.75 Å². The van der Waals surface area contributed by atoms with E-state index in [9.17, 15) is 4.79 Å². The maximum absolute atomic E-state index is 10.9. The van der Waals surface area contributed by atoms with Crippen LogP contribution in [0, 0.1) is 0 Å². The average Bonchev–Trinajstić information content (AvgIpc) is 2.29. The van der Waals surface area contributed by atoms with Crippen molar-refractivity contribution in [3.63, 3.8) is 0 Å². The third kappa shape index (κ3) is 4.24. The van der Waals surface area contributed by atoms with E-state index in [1.807, 2.05) is 23.9 Å². The molecule has 0 radical (unpaired) electrons. The summed E-state index contributed by atoms with van der Waals surface area (Å²) >= 11 is 1.81. The molecule has 16 heavy (non-hydrogen) atoms. The van der Waals surface area contributed by atoms with Gasteiger partial charge in [0.1, 0.15) is 0 Å². The fourth-order valence-electron chi connectivity index (χ4n) is 1.21. The minimum Gasteiger partial charge on any atom is -0.366 e. The highest BCUT2D eigenvalue weighted by atomic mass is 32.2. The molecule has 1 aromatic carbocycles. The first-order valence-electron chi connectivity index (χ1n) is 5.35. The molecule has 1 unspecified atom stereocenters. The van der Waals surface area contributed by atoms with E-state index in [0.29, 0.717) is 5.56 Å². The van der Waals surface area contributed by atoms with Gasteiger partial charge >= 0.3 is 0 Å². The summed E-state index contributed by atoms with van der Waals surface area (Å²) in [5, 5.41) is 0. The predicted octanol–water partition coefficient (Wildman–Crippen LogP) is 1.76. The van der Waals surface area contributed by atoms with E-state index in [1.54, 1.807) is 12.1 Å². The van der Waals surface area contributed by atoms with Gasteiger partial charge in [0.2, 0.25) is 5.91 Å². The minimum atomic E-state index is -0.382. The van der Waals surface area contributed by atoms with Crippen molar-refractivity contribution in [3.8, 4) is 0 Å². The molecule has 4 heteroatoms. The molecule has 0 saturated carbocycles. The second kappa shape index (κ2) is 6.55. The van der Waals surface area contributed by atoms with Crippen molar-refractivity contribution in [2.24, 2.45) is 11.5 Å². The van der Waals surface area contributed by atoms with Gasteiger partial charge in [-0.25, -0.2) is 0 Å². The topological polar surface area (TPSA) is 69.1 Å². The first-order valence-corrected chi connectivity index (χ1v) is 6.51. The van der Waals surface area contributed by atoms with Crippen molar-refractivity contribution in [3.05, 3.63) is 35.4 Å². The van der Waals surface area contributed by atoms with Crippen LogP contribution in [0.2, 0.25) is 0 Å². The molecule has 0 aromatic heterocycles. The lowest BCUT2D eigenvalue weighted by Crippen LogP contribution is -2.21. The normalized spacial score (nSPS) is 12.4. The highest BCUT2D eigenvalue weighted by Gasteiger charge is 2.02. The maximum Gasteiger partial charge on any atom is 0.248 e. The summed E-state index contributed by atoms with van der Waals surface area (Å²) in [5.74, 6) is 1.51. The zero-order valence-electron chi connectivity index (χ0n) is 9.48. The van der Waals surface area contributed by atoms with E-state index in [4.69, 9.17) is 11.5 Å². The molecule has 0 aliphatic rings. The number of amides is 1. The Kier molecular flexibility index (Phi) is 5.35. The average molecular weight is 238 g/mol. The Balaban J connectivity index is 2.40. The van der Waals surface area contributed by atoms with Crippen molar-refractivity contribution in [1.29, 1.82) is 0 Å². The molecule has 0 aliphatic heterocycles. The Morgan fingerprint density at radius 3 is 2.50 bits per heavy atom. The number of thioether (sulfide) groups is 1. The van der Waals surface area contributed by atoms with Crippen LogP contribution in [0.15, 0.2) is 24.3 Å². The highest BCUT2D eigenvalue weighted by Crippen LogP contribution is 2.14. The number of hydrogen-bond donors (Lipinski definition) is 2. The molecular formula is C12H18N2OS. The number of benzene rings is 1. The molecule has 1 atom stereocenters. The van der Waals surface area contributed by atoms with Crippen LogP contribution < -0.4 is 11.5 Å². The quantitative estimate of drug-likeness (QED) is 0.793. The van der Waals surface area contributed by atoms with E-state index < -0.39 is 0 Å². The summed E-state index contributed by atoms with van der Waals surface area (Å²) in [6, 6.07) is 7.67. The molecule has 0 heterocycles. The molecular weight excluding hydrogens is 220 g/mol. The second-order valence-corrected chi connectivity index (χ2v) is 4.77. The lowest BCUT2D eigenvalue weighted by Gasteiger charge is -2.08. The maximum atomic E-state index is 10.9. The standard InChI is InChI=1S/C12H18N2OS/c1-2-11(13)8-16-7-9-3-5-10(6-4-9)12(14)15/h3-6,11H,2,7-8,13H2,1H3,(H2,14,15). The minimum absolute atomic E-state index is 0.273. The summed E-state index contributed by atoms with van der Waals surface area (Å²) in [6.07, 6.45) is 1.01. The van der Waals surface area contributed by atoms with E-state index in [-0.39, 0.29) is 11.9 Å². The van der Waals surface area contributed by atoms with E-state index in [1.165, 1.54) is 5.56 Å². The first-order chi connectivity index (χ1) is 7.63. The number of carbonyl (C=O) groups excluding carboxylic acids is 1. The van der Waals surface area contributed by atoms with Crippen LogP contribution in [0.4, 0.5) is 0 Å². The molecule has 0 fully saturated rings. The Hall–Kier alpha value is -1.00. The van der Waals surface area contributed by atoms with Gasteiger partial charge in [0.05, 0.1) is 0 Å². The molecule has 3 nitrogen and oxygen atoms in total. The molecule has 0 bridgehead atoms. The summed E-state index contributed by atoms with van der Waals surface area (Å²) in [7, 11) is 0. The molecule has 1 amide bonds. The molecule has 88 valence electrons. The molecule has 4 N–H and O–H groups in total. The lowest BCUT2D eigenvalue weighted by molar-refractivity contribution is 0.100. The fraction of sp³-hybridized carbons (Fsp3) is 0.417. The van der Waals surface area contributed by atoms with Gasteiger partial charge < -0.3 is 11.5 Å². The summed E-state index contributed by atoms with van der Waals surface area (Å²) in [6.45, 7) is 2.09. The van der Waals surface area contributed by atoms with Crippen LogP contribution in [-0.2, 0) is 5.75 Å². The highest BCUT2D eigenvalue weighted by molar-refractivity contribution is 7.98. The number of carbonyl (C=O) groups is 1. The van der Waals surface area contributed by atoms with Crippen molar-refractivity contribution >= 4 is 17.7 Å². The van der Waals surface area contributed by atoms with Crippen molar-refractivity contribution < 1.29 is 4.79 Å². The number of rotatable bonds is 6. The molecule has 0 saturated heterocycles. The van der Waals surface area contributed by atoms with Gasteiger partial charge in [-0.2, -0.15) is 11.8 Å². The van der Waals surface area contributed by atoms with Crippen LogP contribution >= 0.6 is 11.8 Å². The summed E-state index contributed by atoms with van der Waals surface area (Å²) in [5.41, 5.74) is 12.7. The molecule has 1 rings (SSSR count). The van der Waals surface area contributed by atoms with E-state index in [2.05, 4.69) is 6.92 Å². The van der Waals surface area contributed by atoms with Gasteiger partial charge in [-0.1, -0.05) is 19.1 Å². The Morgan fingerprint density at radius 1 is 1.38 bits per heavy atom. The van der Waals surface area contributed by atoms with Crippen molar-refractivity contribution in [1.82, 2.24) is 0 Å². The fourth-order valence-corrected chi connectivity index (χ4v) is 2.30. The third-order valence-electron chi connectivity index (χ3n) is 2.36. The Labute approximate surface area is 101 Å². The van der Waals surface area contributed by atoms with Gasteiger partial charge in [-0.05, 0) is 24.1 Å². The summed E-state index contributed by atoms with van der Waals surface area (Å²) < 4.78 is 0. The number of primary amides is 1. The van der Waals surface area contributed by atoms with Crippen LogP contribution in [0.25, 0.3) is 0 Å². The van der Waals surface area contributed by atoms with Gasteiger partial charge in [-0.3, -0.25) is 4.79 Å². The third-order valence-corrected chi connectivity index (χ3v) is 3.56. The van der Waals surface area contributed by atoms with Crippen LogP contribution in [0.5, 0.6) is 0 Å². The van der Waals surface area contributed by atoms with Gasteiger partial charge in [0.25, 0.3) is 0 Å². The van der Waals surface area contributed by atoms with Crippen LogP contribution in [0.3, 0.4) is 0 Å². The summed E-state index contributed by atoms with van der Waals surface area (Å²) in [4.78, 5) is 10.9. The number of hydrogen-bond acceptors (Lipinski definition) is 3. The Bertz CT molecular complexity index is 337. The van der Waals surface area contributed by atoms with Crippen molar-refractivity contribution in [2.45, 2.75) is 25.1 Å². The van der Waals surface area contributed by atoms with Crippen LogP contribution in [-0.4, -0.2) is 17.7 Å². The van der Waals surface area contributed by atoms with E-state index >= 15 is 0 Å².